The number of hydrogen-bond donors (Lipinski definition) is 0. The lowest BCUT2D eigenvalue weighted by molar-refractivity contribution is -0.125. The summed E-state index contributed by atoms with van der Waals surface area (Å²) in [6.45, 7) is 0. The summed E-state index contributed by atoms with van der Waals surface area (Å²) >= 11 is 13.6. The number of amides is 1. The second-order valence-corrected chi connectivity index (χ2v) is 8.58. The molecule has 1 heterocycles. The van der Waals surface area contributed by atoms with E-state index >= 15 is 0 Å². The van der Waals surface area contributed by atoms with Crippen LogP contribution in [0.4, 0.5) is 0 Å². The van der Waals surface area contributed by atoms with E-state index in [1.54, 1.807) is 14.2 Å². The van der Waals surface area contributed by atoms with E-state index in [9.17, 15) is 4.79 Å². The molecule has 3 nitrogen and oxygen atoms in total. The first kappa shape index (κ1) is 15.3. The average molecular weight is 425 g/mol. The molecule has 7 heteroatoms. The van der Waals surface area contributed by atoms with Gasteiger partial charge in [0.2, 0.25) is 0 Å². The second-order valence-electron chi connectivity index (χ2n) is 4.01. The minimum absolute atomic E-state index is 0.0554. The van der Waals surface area contributed by atoms with Crippen LogP contribution in [0.1, 0.15) is 10.4 Å². The summed E-state index contributed by atoms with van der Waals surface area (Å²) in [7, 11) is 3.31. The van der Waals surface area contributed by atoms with Crippen molar-refractivity contribution in [1.29, 1.82) is 0 Å². The van der Waals surface area contributed by atoms with Crippen LogP contribution < -0.4 is 4.74 Å². The molecule has 0 radical (unpaired) electrons. The summed E-state index contributed by atoms with van der Waals surface area (Å²) in [6.07, 6.45) is 0. The first-order valence-corrected chi connectivity index (χ1v) is 8.31. The van der Waals surface area contributed by atoms with Crippen LogP contribution in [0, 0.1) is 0 Å². The zero-order valence-electron chi connectivity index (χ0n) is 10.2. The van der Waals surface area contributed by atoms with Gasteiger partial charge in [-0.3, -0.25) is 9.69 Å². The molecule has 1 aromatic carbocycles. The van der Waals surface area contributed by atoms with Crippen LogP contribution in [0.2, 0.25) is 0 Å². The Bertz CT molecular complexity index is 523. The van der Waals surface area contributed by atoms with Crippen LogP contribution in [-0.2, 0) is 4.79 Å². The van der Waals surface area contributed by atoms with Crippen LogP contribution in [0.5, 0.6) is 5.75 Å². The number of hydrogen-bond acceptors (Lipinski definition) is 4. The number of alkyl halides is 2. The van der Waals surface area contributed by atoms with Crippen molar-refractivity contribution < 1.29 is 9.53 Å². The highest BCUT2D eigenvalue weighted by Gasteiger charge is 2.52. The summed E-state index contributed by atoms with van der Waals surface area (Å²) in [5, 5.41) is 0. The van der Waals surface area contributed by atoms with Crippen molar-refractivity contribution in [2.75, 3.05) is 14.2 Å². The standard InChI is InChI=1S/C12H11Br2NO2S2/c1-15-10(16)12(14,19-11(15)18)9(13)7-3-5-8(17-2)6-4-7/h3-6,9H,1-2H3/t9-,12+/m0/s1. The minimum Gasteiger partial charge on any atom is -0.497 e. The highest BCUT2D eigenvalue weighted by Crippen LogP contribution is 2.53. The fourth-order valence-corrected chi connectivity index (χ4v) is 5.21. The maximum absolute atomic E-state index is 12.3. The molecule has 2 atom stereocenters. The number of thiocarbonyl (C=S) groups is 1. The monoisotopic (exact) mass is 423 g/mol. The number of rotatable bonds is 3. The zero-order chi connectivity index (χ0) is 14.2. The summed E-state index contributed by atoms with van der Waals surface area (Å²) in [4.78, 5) is 13.6. The van der Waals surface area contributed by atoms with Gasteiger partial charge in [0.05, 0.1) is 11.9 Å². The van der Waals surface area contributed by atoms with Gasteiger partial charge in [0.25, 0.3) is 5.91 Å². The third-order valence-corrected chi connectivity index (χ3v) is 7.94. The number of thioether (sulfide) groups is 1. The van der Waals surface area contributed by atoms with Gasteiger partial charge < -0.3 is 4.74 Å². The Morgan fingerprint density at radius 2 is 2.00 bits per heavy atom. The Hall–Kier alpha value is -0.110. The summed E-state index contributed by atoms with van der Waals surface area (Å²) < 4.78 is 4.90. The SMILES string of the molecule is COc1ccc([C@H](Br)[C@@]2(Br)SC(=S)N(C)C2=O)cc1. The Balaban J connectivity index is 2.30. The molecule has 1 aliphatic heterocycles. The number of halogens is 2. The van der Waals surface area contributed by atoms with E-state index in [0.29, 0.717) is 4.32 Å². The van der Waals surface area contributed by atoms with E-state index in [-0.39, 0.29) is 10.7 Å². The summed E-state index contributed by atoms with van der Waals surface area (Å²) in [5.41, 5.74) is 0.983. The van der Waals surface area contributed by atoms with Crippen molar-refractivity contribution >= 4 is 66.1 Å². The first-order chi connectivity index (χ1) is 8.90. The molecule has 1 amide bonds. The van der Waals surface area contributed by atoms with Crippen molar-refractivity contribution in [1.82, 2.24) is 4.90 Å². The second kappa shape index (κ2) is 5.71. The summed E-state index contributed by atoms with van der Waals surface area (Å²) in [6, 6.07) is 7.59. The number of methoxy groups -OCH3 is 1. The smallest absolute Gasteiger partial charge is 0.256 e. The molecule has 102 valence electrons. The molecule has 2 rings (SSSR count). The molecule has 0 aromatic heterocycles. The zero-order valence-corrected chi connectivity index (χ0v) is 15.0. The Morgan fingerprint density at radius 1 is 1.42 bits per heavy atom. The molecule has 1 aromatic rings. The van der Waals surface area contributed by atoms with E-state index in [4.69, 9.17) is 17.0 Å². The maximum Gasteiger partial charge on any atom is 0.256 e. The Labute approximate surface area is 138 Å². The van der Waals surface area contributed by atoms with Crippen molar-refractivity contribution in [3.63, 3.8) is 0 Å². The lowest BCUT2D eigenvalue weighted by Crippen LogP contribution is -2.35. The maximum atomic E-state index is 12.3. The van der Waals surface area contributed by atoms with Crippen LogP contribution in [0.25, 0.3) is 0 Å². The van der Waals surface area contributed by atoms with Gasteiger partial charge >= 0.3 is 0 Å². The summed E-state index contributed by atoms with van der Waals surface area (Å²) in [5.74, 6) is 0.727. The van der Waals surface area contributed by atoms with Gasteiger partial charge in [-0.25, -0.2) is 0 Å². The van der Waals surface area contributed by atoms with Gasteiger partial charge in [0.15, 0.2) is 3.66 Å². The molecule has 1 fully saturated rings. The van der Waals surface area contributed by atoms with Crippen LogP contribution >= 0.6 is 55.8 Å². The number of benzene rings is 1. The lowest BCUT2D eigenvalue weighted by Gasteiger charge is -2.24. The molecular formula is C12H11Br2NO2S2. The molecule has 19 heavy (non-hydrogen) atoms. The lowest BCUT2D eigenvalue weighted by atomic mass is 10.1. The highest BCUT2D eigenvalue weighted by molar-refractivity contribution is 9.14. The molecule has 0 saturated carbocycles. The number of carbonyl (C=O) groups is 1. The number of nitrogens with zero attached hydrogens (tertiary/aromatic N) is 1. The molecule has 0 bridgehead atoms. The molecule has 1 saturated heterocycles. The fourth-order valence-electron chi connectivity index (χ4n) is 1.70. The topological polar surface area (TPSA) is 29.5 Å². The third kappa shape index (κ3) is 2.70. The van der Waals surface area contributed by atoms with Gasteiger partial charge in [-0.1, -0.05) is 68.0 Å². The molecule has 0 unspecified atom stereocenters. The van der Waals surface area contributed by atoms with Crippen molar-refractivity contribution in [2.45, 2.75) is 8.48 Å². The molecule has 0 aliphatic carbocycles. The largest absolute Gasteiger partial charge is 0.497 e. The van der Waals surface area contributed by atoms with E-state index in [0.717, 1.165) is 11.3 Å². The molecule has 0 N–H and O–H groups in total. The van der Waals surface area contributed by atoms with Gasteiger partial charge in [-0.2, -0.15) is 0 Å². The number of ether oxygens (including phenoxy) is 1. The van der Waals surface area contributed by atoms with Gasteiger partial charge in [0.1, 0.15) is 10.1 Å². The Morgan fingerprint density at radius 3 is 2.42 bits per heavy atom. The predicted molar refractivity (Wildman–Crippen MR) is 89.3 cm³/mol. The quantitative estimate of drug-likeness (QED) is 0.546. The molecular weight excluding hydrogens is 414 g/mol. The van der Waals surface area contributed by atoms with Crippen molar-refractivity contribution in [3.05, 3.63) is 29.8 Å². The third-order valence-electron chi connectivity index (χ3n) is 2.84. The van der Waals surface area contributed by atoms with Gasteiger partial charge in [0, 0.05) is 7.05 Å². The molecule has 1 aliphatic rings. The van der Waals surface area contributed by atoms with E-state index in [1.165, 1.54) is 16.7 Å². The van der Waals surface area contributed by atoms with E-state index < -0.39 is 3.66 Å². The first-order valence-electron chi connectivity index (χ1n) is 5.38. The van der Waals surface area contributed by atoms with Crippen molar-refractivity contribution in [2.24, 2.45) is 0 Å². The average Bonchev–Trinajstić information content (AvgIpc) is 2.63. The van der Waals surface area contributed by atoms with Gasteiger partial charge in [-0.05, 0) is 17.7 Å². The number of carbonyl (C=O) groups excluding carboxylic acids is 1. The highest BCUT2D eigenvalue weighted by atomic mass is 79.9. The van der Waals surface area contributed by atoms with Crippen LogP contribution in [-0.4, -0.2) is 32.9 Å². The normalized spacial score (nSPS) is 24.7. The van der Waals surface area contributed by atoms with E-state index in [1.807, 2.05) is 24.3 Å². The minimum atomic E-state index is -0.798. The molecule has 0 spiro atoms. The fraction of sp³-hybridized carbons (Fsp3) is 0.333. The van der Waals surface area contributed by atoms with E-state index in [2.05, 4.69) is 31.9 Å². The van der Waals surface area contributed by atoms with Gasteiger partial charge in [-0.15, -0.1) is 0 Å². The van der Waals surface area contributed by atoms with Crippen LogP contribution in [0.3, 0.4) is 0 Å². The van der Waals surface area contributed by atoms with Crippen LogP contribution in [0.15, 0.2) is 24.3 Å². The Kier molecular flexibility index (Phi) is 4.59. The van der Waals surface area contributed by atoms with Crippen molar-refractivity contribution in [3.8, 4) is 5.75 Å². The predicted octanol–water partition coefficient (Wildman–Crippen LogP) is 3.71.